The zero-order chi connectivity index (χ0) is 22.7. The number of carbonyl (C=O) groups is 2. The van der Waals surface area contributed by atoms with Crippen molar-refractivity contribution in [3.8, 4) is 11.5 Å². The normalized spacial score (nSPS) is 18.8. The molecule has 1 heterocycles. The van der Waals surface area contributed by atoms with Gasteiger partial charge in [0.05, 0.1) is 13.2 Å². The van der Waals surface area contributed by atoms with Gasteiger partial charge in [-0.15, -0.1) is 0 Å². The number of ether oxygens (including phenoxy) is 2. The molecule has 32 heavy (non-hydrogen) atoms. The number of hydrogen-bond donors (Lipinski definition) is 2. The lowest BCUT2D eigenvalue weighted by molar-refractivity contribution is -0.128. The number of benzene rings is 2. The first-order valence-electron chi connectivity index (χ1n) is 11.2. The minimum Gasteiger partial charge on any atom is -0.493 e. The summed E-state index contributed by atoms with van der Waals surface area (Å²) in [5.41, 5.74) is 9.34. The first kappa shape index (κ1) is 22.0. The van der Waals surface area contributed by atoms with Crippen molar-refractivity contribution in [3.63, 3.8) is 0 Å². The van der Waals surface area contributed by atoms with E-state index in [0.717, 1.165) is 35.5 Å². The molecule has 1 saturated heterocycles. The molecule has 1 unspecified atom stereocenters. The summed E-state index contributed by atoms with van der Waals surface area (Å²) in [6.45, 7) is 2.53. The van der Waals surface area contributed by atoms with Gasteiger partial charge in [-0.05, 0) is 61.1 Å². The van der Waals surface area contributed by atoms with Crippen LogP contribution in [0.5, 0.6) is 11.5 Å². The lowest BCUT2D eigenvalue weighted by Crippen LogP contribution is -2.25. The van der Waals surface area contributed by atoms with Gasteiger partial charge in [0.25, 0.3) is 0 Å². The van der Waals surface area contributed by atoms with E-state index in [1.165, 1.54) is 19.8 Å². The van der Waals surface area contributed by atoms with Crippen LogP contribution in [-0.4, -0.2) is 36.5 Å². The first-order chi connectivity index (χ1) is 15.4. The van der Waals surface area contributed by atoms with Gasteiger partial charge in [-0.3, -0.25) is 9.59 Å². The highest BCUT2D eigenvalue weighted by atomic mass is 16.5. The molecule has 0 radical (unpaired) electrons. The Labute approximate surface area is 188 Å². The van der Waals surface area contributed by atoms with E-state index in [-0.39, 0.29) is 23.8 Å². The third-order valence-corrected chi connectivity index (χ3v) is 6.30. The molecule has 2 aromatic rings. The second-order valence-corrected chi connectivity index (χ2v) is 8.70. The highest BCUT2D eigenvalue weighted by Gasteiger charge is 2.31. The Kier molecular flexibility index (Phi) is 6.53. The van der Waals surface area contributed by atoms with Gasteiger partial charge >= 0.3 is 0 Å². The van der Waals surface area contributed by atoms with Gasteiger partial charge < -0.3 is 25.4 Å². The fraction of sp³-hybridized carbons (Fsp3) is 0.440. The maximum atomic E-state index is 12.7. The Morgan fingerprint density at radius 1 is 1.16 bits per heavy atom. The van der Waals surface area contributed by atoms with Crippen LogP contribution in [0.4, 0.5) is 11.4 Å². The van der Waals surface area contributed by atoms with E-state index in [0.29, 0.717) is 30.9 Å². The molecular formula is C25H31N3O4. The monoisotopic (exact) mass is 437 g/mol. The van der Waals surface area contributed by atoms with Crippen molar-refractivity contribution >= 4 is 23.2 Å². The number of nitrogen functional groups attached to an aromatic ring is 1. The van der Waals surface area contributed by atoms with Crippen LogP contribution in [0.3, 0.4) is 0 Å². The Morgan fingerprint density at radius 2 is 1.94 bits per heavy atom. The van der Waals surface area contributed by atoms with Gasteiger partial charge in [0.15, 0.2) is 11.5 Å². The van der Waals surface area contributed by atoms with Gasteiger partial charge in [-0.1, -0.05) is 12.1 Å². The molecule has 7 nitrogen and oxygen atoms in total. The molecule has 7 heteroatoms. The standard InChI is InChI=1S/C25H31N3O4/c1-16(29)27-20-9-7-18(22(26)13-20)14-28-15-19(12-25(28)30)17-8-10-23(31-2)24(11-17)32-21-5-3-4-6-21/h7-11,13,19,21H,3-6,12,14-15,26H2,1-2H3,(H,27,29). The van der Waals surface area contributed by atoms with Crippen LogP contribution >= 0.6 is 0 Å². The predicted octanol–water partition coefficient (Wildman–Crippen LogP) is 4.07. The van der Waals surface area contributed by atoms with E-state index in [1.807, 2.05) is 29.2 Å². The van der Waals surface area contributed by atoms with Crippen molar-refractivity contribution in [1.82, 2.24) is 4.90 Å². The molecule has 0 aromatic heterocycles. The van der Waals surface area contributed by atoms with Gasteiger partial charge in [0.2, 0.25) is 11.8 Å². The summed E-state index contributed by atoms with van der Waals surface area (Å²) >= 11 is 0. The van der Waals surface area contributed by atoms with Gasteiger partial charge in [0.1, 0.15) is 0 Å². The highest BCUT2D eigenvalue weighted by molar-refractivity contribution is 5.89. The fourth-order valence-electron chi connectivity index (χ4n) is 4.60. The predicted molar refractivity (Wildman–Crippen MR) is 124 cm³/mol. The molecule has 2 aromatic carbocycles. The summed E-state index contributed by atoms with van der Waals surface area (Å²) in [7, 11) is 1.65. The van der Waals surface area contributed by atoms with Crippen molar-refractivity contribution in [2.24, 2.45) is 0 Å². The van der Waals surface area contributed by atoms with E-state index in [9.17, 15) is 9.59 Å². The number of likely N-dealkylation sites (tertiary alicyclic amines) is 1. The maximum Gasteiger partial charge on any atom is 0.223 e. The number of methoxy groups -OCH3 is 1. The SMILES string of the molecule is COc1ccc(C2CC(=O)N(Cc3ccc(NC(C)=O)cc3N)C2)cc1OC1CCCC1. The van der Waals surface area contributed by atoms with Crippen molar-refractivity contribution < 1.29 is 19.1 Å². The quantitative estimate of drug-likeness (QED) is 0.637. The van der Waals surface area contributed by atoms with Crippen molar-refractivity contribution in [2.75, 3.05) is 24.7 Å². The number of amides is 2. The van der Waals surface area contributed by atoms with Crippen LogP contribution in [0.25, 0.3) is 0 Å². The number of anilines is 2. The summed E-state index contributed by atoms with van der Waals surface area (Å²) in [6, 6.07) is 11.4. The molecule has 170 valence electrons. The summed E-state index contributed by atoms with van der Waals surface area (Å²) in [6.07, 6.45) is 5.25. The maximum absolute atomic E-state index is 12.7. The summed E-state index contributed by atoms with van der Waals surface area (Å²) in [4.78, 5) is 25.8. The Morgan fingerprint density at radius 3 is 2.62 bits per heavy atom. The number of nitrogens with zero attached hydrogens (tertiary/aromatic N) is 1. The topological polar surface area (TPSA) is 93.9 Å². The number of rotatable bonds is 7. The lowest BCUT2D eigenvalue weighted by Gasteiger charge is -2.20. The average molecular weight is 438 g/mol. The second-order valence-electron chi connectivity index (χ2n) is 8.70. The van der Waals surface area contributed by atoms with Crippen molar-refractivity contribution in [1.29, 1.82) is 0 Å². The molecule has 2 amide bonds. The molecule has 2 fully saturated rings. The van der Waals surface area contributed by atoms with E-state index in [2.05, 4.69) is 5.32 Å². The van der Waals surface area contributed by atoms with Gasteiger partial charge in [0, 0.05) is 43.7 Å². The molecule has 3 N–H and O–H groups in total. The largest absolute Gasteiger partial charge is 0.493 e. The van der Waals surface area contributed by atoms with Crippen LogP contribution < -0.4 is 20.5 Å². The Balaban J connectivity index is 1.46. The number of carbonyl (C=O) groups excluding carboxylic acids is 2. The molecular weight excluding hydrogens is 406 g/mol. The summed E-state index contributed by atoms with van der Waals surface area (Å²) in [5.74, 6) is 1.55. The van der Waals surface area contributed by atoms with Crippen LogP contribution in [0.1, 0.15) is 56.1 Å². The smallest absolute Gasteiger partial charge is 0.223 e. The third kappa shape index (κ3) is 4.98. The molecule has 0 spiro atoms. The number of hydrogen-bond acceptors (Lipinski definition) is 5. The lowest BCUT2D eigenvalue weighted by atomic mass is 9.98. The minimum absolute atomic E-state index is 0.0965. The zero-order valence-corrected chi connectivity index (χ0v) is 18.7. The highest BCUT2D eigenvalue weighted by Crippen LogP contribution is 2.37. The summed E-state index contributed by atoms with van der Waals surface area (Å²) in [5, 5.41) is 2.72. The molecule has 1 atom stereocenters. The summed E-state index contributed by atoms with van der Waals surface area (Å²) < 4.78 is 11.7. The molecule has 1 aliphatic heterocycles. The van der Waals surface area contributed by atoms with Gasteiger partial charge in [-0.2, -0.15) is 0 Å². The average Bonchev–Trinajstić information content (AvgIpc) is 3.39. The minimum atomic E-state index is -0.148. The van der Waals surface area contributed by atoms with Crippen molar-refractivity contribution in [3.05, 3.63) is 47.5 Å². The van der Waals surface area contributed by atoms with Crippen LogP contribution in [-0.2, 0) is 16.1 Å². The Bertz CT molecular complexity index is 1000. The van der Waals surface area contributed by atoms with Gasteiger partial charge in [-0.25, -0.2) is 0 Å². The first-order valence-corrected chi connectivity index (χ1v) is 11.2. The van der Waals surface area contributed by atoms with Crippen LogP contribution in [0.15, 0.2) is 36.4 Å². The molecule has 4 rings (SSSR count). The van der Waals surface area contributed by atoms with Crippen molar-refractivity contribution in [2.45, 2.75) is 57.6 Å². The van der Waals surface area contributed by atoms with E-state index >= 15 is 0 Å². The van der Waals surface area contributed by atoms with E-state index in [4.69, 9.17) is 15.2 Å². The van der Waals surface area contributed by atoms with Crippen LogP contribution in [0.2, 0.25) is 0 Å². The zero-order valence-electron chi connectivity index (χ0n) is 18.7. The second kappa shape index (κ2) is 9.51. The molecule has 2 aliphatic rings. The molecule has 1 saturated carbocycles. The number of nitrogens with one attached hydrogen (secondary N) is 1. The number of nitrogens with two attached hydrogens (primary N) is 1. The van der Waals surface area contributed by atoms with Crippen LogP contribution in [0, 0.1) is 0 Å². The Hall–Kier alpha value is -3.22. The van der Waals surface area contributed by atoms with E-state index in [1.54, 1.807) is 19.2 Å². The van der Waals surface area contributed by atoms with E-state index < -0.39 is 0 Å². The fourth-order valence-corrected chi connectivity index (χ4v) is 4.60. The molecule has 1 aliphatic carbocycles. The third-order valence-electron chi connectivity index (χ3n) is 6.30. The molecule has 0 bridgehead atoms.